The number of amides is 1. The normalized spacial score (nSPS) is 14.2. The highest BCUT2D eigenvalue weighted by Crippen LogP contribution is 2.23. The molecule has 44 heavy (non-hydrogen) atoms. The molecule has 0 spiro atoms. The van der Waals surface area contributed by atoms with Crippen LogP contribution in [0, 0.1) is 5.92 Å². The highest BCUT2D eigenvalue weighted by atomic mass is 35.5. The second kappa shape index (κ2) is 13.4. The summed E-state index contributed by atoms with van der Waals surface area (Å²) in [5, 5.41) is 3.53. The molecule has 2 aromatic carbocycles. The van der Waals surface area contributed by atoms with E-state index in [0.29, 0.717) is 53.8 Å². The number of nitrogens with one attached hydrogen (secondary N) is 2. The fourth-order valence-electron chi connectivity index (χ4n) is 4.54. The van der Waals surface area contributed by atoms with Gasteiger partial charge in [0.1, 0.15) is 5.75 Å². The number of carbonyl (C=O) groups is 1. The van der Waals surface area contributed by atoms with Crippen LogP contribution >= 0.6 is 11.6 Å². The highest BCUT2D eigenvalue weighted by molar-refractivity contribution is 7.87. The summed E-state index contributed by atoms with van der Waals surface area (Å²) in [6, 6.07) is 18.9. The van der Waals surface area contributed by atoms with Crippen LogP contribution in [0.2, 0.25) is 5.02 Å². The first-order valence-corrected chi connectivity index (χ1v) is 15.6. The Morgan fingerprint density at radius 2 is 1.70 bits per heavy atom. The summed E-state index contributed by atoms with van der Waals surface area (Å²) < 4.78 is 36.2. The van der Waals surface area contributed by atoms with Crippen LogP contribution in [0.15, 0.2) is 82.5 Å². The maximum atomic E-state index is 13.7. The number of carbonyl (C=O) groups excluding carboxylic acids is 1. The van der Waals surface area contributed by atoms with Gasteiger partial charge < -0.3 is 10.1 Å². The number of ether oxygens (including phenoxy) is 1. The first-order chi connectivity index (χ1) is 21.1. The lowest BCUT2D eigenvalue weighted by Crippen LogP contribution is -2.48. The lowest BCUT2D eigenvalue weighted by atomic mass is 10.2. The van der Waals surface area contributed by atoms with Gasteiger partial charge in [-0.2, -0.15) is 17.7 Å². The number of nitrogens with zero attached hydrogens (tertiary/aromatic N) is 5. The van der Waals surface area contributed by atoms with Crippen LogP contribution in [0.4, 0.5) is 11.6 Å². The standard InChI is InChI=1S/C29H30ClN7O6S/c1-20(26(38)34-44(41,42)35-16-4-5-17-35)18-37-28(39)33-27(36(29(37)40)19-21-7-9-22(30)10-8-21)32-23-11-13-24(14-12-23)43-25-6-2-3-15-31-25/h2-3,6-15,20H,4-5,16-19H2,1H3,(H,34,38)(H,32,33,39)/t20-/m0/s1. The van der Waals surface area contributed by atoms with Gasteiger partial charge in [0.05, 0.1) is 12.5 Å². The van der Waals surface area contributed by atoms with Gasteiger partial charge in [-0.15, -0.1) is 0 Å². The molecule has 2 aromatic heterocycles. The molecule has 0 radical (unpaired) electrons. The van der Waals surface area contributed by atoms with Crippen molar-refractivity contribution >= 4 is 39.4 Å². The lowest BCUT2D eigenvalue weighted by Gasteiger charge is -2.19. The zero-order valence-corrected chi connectivity index (χ0v) is 25.3. The predicted molar refractivity (Wildman–Crippen MR) is 164 cm³/mol. The predicted octanol–water partition coefficient (Wildman–Crippen LogP) is 3.13. The van der Waals surface area contributed by atoms with Gasteiger partial charge in [0.2, 0.25) is 17.7 Å². The second-order valence-corrected chi connectivity index (χ2v) is 12.3. The van der Waals surface area contributed by atoms with Crippen molar-refractivity contribution in [3.8, 4) is 11.6 Å². The quantitative estimate of drug-likeness (QED) is 0.252. The van der Waals surface area contributed by atoms with Gasteiger partial charge in [0, 0.05) is 42.6 Å². The monoisotopic (exact) mass is 639 g/mol. The molecule has 1 fully saturated rings. The molecule has 0 saturated carbocycles. The van der Waals surface area contributed by atoms with Crippen molar-refractivity contribution in [1.82, 2.24) is 28.1 Å². The van der Waals surface area contributed by atoms with Crippen molar-refractivity contribution in [2.75, 3.05) is 18.4 Å². The number of hydrogen-bond acceptors (Lipinski definition) is 9. The average Bonchev–Trinajstić information content (AvgIpc) is 3.56. The molecule has 230 valence electrons. The largest absolute Gasteiger partial charge is 0.439 e. The van der Waals surface area contributed by atoms with E-state index in [1.54, 1.807) is 72.9 Å². The third kappa shape index (κ3) is 7.51. The number of halogens is 1. The third-order valence-electron chi connectivity index (χ3n) is 6.91. The summed E-state index contributed by atoms with van der Waals surface area (Å²) in [5.74, 6) is -0.947. The number of pyridine rings is 1. The van der Waals surface area contributed by atoms with Crippen LogP contribution in [0.3, 0.4) is 0 Å². The van der Waals surface area contributed by atoms with Crippen molar-refractivity contribution in [2.24, 2.45) is 5.92 Å². The minimum absolute atomic E-state index is 0.0242. The second-order valence-electron chi connectivity index (χ2n) is 10.2. The summed E-state index contributed by atoms with van der Waals surface area (Å²) in [6.07, 6.45) is 3.04. The molecule has 15 heteroatoms. The van der Waals surface area contributed by atoms with Gasteiger partial charge in [0.15, 0.2) is 0 Å². The van der Waals surface area contributed by atoms with E-state index in [0.717, 1.165) is 4.57 Å². The molecule has 3 heterocycles. The Morgan fingerprint density at radius 3 is 2.36 bits per heavy atom. The van der Waals surface area contributed by atoms with Crippen LogP contribution in [0.25, 0.3) is 0 Å². The lowest BCUT2D eigenvalue weighted by molar-refractivity contribution is -0.123. The molecule has 0 unspecified atom stereocenters. The van der Waals surface area contributed by atoms with E-state index >= 15 is 0 Å². The molecule has 0 aliphatic carbocycles. The fraction of sp³-hybridized carbons (Fsp3) is 0.276. The van der Waals surface area contributed by atoms with Gasteiger partial charge in [-0.05, 0) is 60.9 Å². The summed E-state index contributed by atoms with van der Waals surface area (Å²) in [6.45, 7) is 1.72. The first-order valence-electron chi connectivity index (χ1n) is 13.8. The Morgan fingerprint density at radius 1 is 1.00 bits per heavy atom. The average molecular weight is 640 g/mol. The topological polar surface area (TPSA) is 158 Å². The van der Waals surface area contributed by atoms with Crippen LogP contribution in [-0.4, -0.2) is 50.8 Å². The minimum Gasteiger partial charge on any atom is -0.439 e. The Balaban J connectivity index is 1.40. The van der Waals surface area contributed by atoms with Gasteiger partial charge in [-0.25, -0.2) is 23.9 Å². The maximum absolute atomic E-state index is 13.7. The molecular formula is C29H30ClN7O6S. The number of rotatable bonds is 11. The Hall–Kier alpha value is -4.53. The molecule has 4 aromatic rings. The van der Waals surface area contributed by atoms with Crippen molar-refractivity contribution in [1.29, 1.82) is 0 Å². The summed E-state index contributed by atoms with van der Waals surface area (Å²) >= 11 is 6.03. The van der Waals surface area contributed by atoms with E-state index < -0.39 is 33.4 Å². The van der Waals surface area contributed by atoms with E-state index in [1.165, 1.54) is 15.8 Å². The number of hydrogen-bond donors (Lipinski definition) is 2. The minimum atomic E-state index is -4.02. The summed E-state index contributed by atoms with van der Waals surface area (Å²) in [4.78, 5) is 47.9. The molecule has 5 rings (SSSR count). The maximum Gasteiger partial charge on any atom is 0.354 e. The Labute approximate surface area is 258 Å². The van der Waals surface area contributed by atoms with Gasteiger partial charge in [0.25, 0.3) is 0 Å². The number of aromatic nitrogens is 4. The Bertz CT molecular complexity index is 1840. The molecular weight excluding hydrogens is 610 g/mol. The SMILES string of the molecule is C[C@@H](Cn1c(=O)nc(Nc2ccc(Oc3ccccn3)cc2)n(Cc2ccc(Cl)cc2)c1=O)C(=O)NS(=O)(=O)N1CCCC1. The van der Waals surface area contributed by atoms with E-state index in [9.17, 15) is 22.8 Å². The molecule has 1 saturated heterocycles. The van der Waals surface area contributed by atoms with Crippen molar-refractivity contribution in [2.45, 2.75) is 32.9 Å². The molecule has 1 aliphatic rings. The molecule has 13 nitrogen and oxygen atoms in total. The van der Waals surface area contributed by atoms with Crippen molar-refractivity contribution < 1.29 is 17.9 Å². The van der Waals surface area contributed by atoms with Gasteiger partial charge in [-0.3, -0.25) is 9.36 Å². The van der Waals surface area contributed by atoms with E-state index in [1.807, 2.05) is 0 Å². The molecule has 1 aliphatic heterocycles. The van der Waals surface area contributed by atoms with Crippen LogP contribution in [0.1, 0.15) is 25.3 Å². The van der Waals surface area contributed by atoms with E-state index in [2.05, 4.69) is 20.0 Å². The van der Waals surface area contributed by atoms with E-state index in [4.69, 9.17) is 16.3 Å². The van der Waals surface area contributed by atoms with Crippen molar-refractivity contribution in [3.63, 3.8) is 0 Å². The summed E-state index contributed by atoms with van der Waals surface area (Å²) in [5.41, 5.74) is -0.415. The zero-order chi connectivity index (χ0) is 31.3. The molecule has 1 amide bonds. The molecule has 1 atom stereocenters. The van der Waals surface area contributed by atoms with Gasteiger partial charge >= 0.3 is 21.6 Å². The zero-order valence-electron chi connectivity index (χ0n) is 23.7. The number of benzene rings is 2. The first kappa shape index (κ1) is 30.9. The van der Waals surface area contributed by atoms with Gasteiger partial charge in [-0.1, -0.05) is 36.7 Å². The smallest absolute Gasteiger partial charge is 0.354 e. The molecule has 2 N–H and O–H groups in total. The Kier molecular flexibility index (Phi) is 9.42. The van der Waals surface area contributed by atoms with E-state index in [-0.39, 0.29) is 19.0 Å². The fourth-order valence-corrected chi connectivity index (χ4v) is 5.99. The van der Waals surface area contributed by atoms with Crippen LogP contribution < -0.4 is 26.2 Å². The third-order valence-corrected chi connectivity index (χ3v) is 8.67. The number of anilines is 2. The molecule has 0 bridgehead atoms. The highest BCUT2D eigenvalue weighted by Gasteiger charge is 2.29. The van der Waals surface area contributed by atoms with Crippen LogP contribution in [-0.2, 0) is 28.1 Å². The van der Waals surface area contributed by atoms with Crippen molar-refractivity contribution in [3.05, 3.63) is 104 Å². The van der Waals surface area contributed by atoms with Crippen LogP contribution in [0.5, 0.6) is 11.6 Å². The summed E-state index contributed by atoms with van der Waals surface area (Å²) in [7, 11) is -4.02.